The minimum Gasteiger partial charge on any atom is -0.395 e. The molecule has 0 atom stereocenters. The van der Waals surface area contributed by atoms with E-state index in [1.807, 2.05) is 0 Å². The average Bonchev–Trinajstić information content (AvgIpc) is 2.75. The summed E-state index contributed by atoms with van der Waals surface area (Å²) in [7, 11) is 0. The van der Waals surface area contributed by atoms with E-state index in [4.69, 9.17) is 10.8 Å². The van der Waals surface area contributed by atoms with Gasteiger partial charge in [-0.3, -0.25) is 0 Å². The van der Waals surface area contributed by atoms with Gasteiger partial charge >= 0.3 is 0 Å². The largest absolute Gasteiger partial charge is 0.395 e. The van der Waals surface area contributed by atoms with Gasteiger partial charge in [-0.2, -0.15) is 0 Å². The van der Waals surface area contributed by atoms with Gasteiger partial charge in [0.15, 0.2) is 0 Å². The van der Waals surface area contributed by atoms with Crippen LogP contribution < -0.4 is 5.73 Å². The number of hydrogen-bond donors (Lipinski definition) is 2. The van der Waals surface area contributed by atoms with Crippen LogP contribution in [-0.2, 0) is 0 Å². The van der Waals surface area contributed by atoms with Gasteiger partial charge in [-0.15, -0.1) is 0 Å². The number of quaternary nitrogens is 1. The topological polar surface area (TPSA) is 46.2 Å². The van der Waals surface area contributed by atoms with Crippen LogP contribution in [0.1, 0.15) is 130 Å². The Hall–Kier alpha value is -0.120. The number of aliphatic hydroxyl groups excluding tert-OH is 1. The predicted molar refractivity (Wildman–Crippen MR) is 132 cm³/mol. The van der Waals surface area contributed by atoms with E-state index in [2.05, 4.69) is 27.7 Å². The molecule has 178 valence electrons. The highest BCUT2D eigenvalue weighted by Crippen LogP contribution is 2.19. The summed E-state index contributed by atoms with van der Waals surface area (Å²) in [5.74, 6) is 0. The molecule has 0 aliphatic rings. The molecule has 3 N–H and O–H groups in total. The lowest BCUT2D eigenvalue weighted by atomic mass is 10.1. The molecular weight excluding hydrogens is 356 g/mol. The van der Waals surface area contributed by atoms with E-state index >= 15 is 0 Å². The fraction of sp³-hybridized carbons (Fsp3) is 1.00. The van der Waals surface area contributed by atoms with Crippen LogP contribution in [-0.4, -0.2) is 48.9 Å². The quantitative estimate of drug-likeness (QED) is 0.156. The van der Waals surface area contributed by atoms with Crippen LogP contribution in [0.15, 0.2) is 0 Å². The maximum Gasteiger partial charge on any atom is 0.0786 e. The van der Waals surface area contributed by atoms with Crippen molar-refractivity contribution in [1.29, 1.82) is 0 Å². The van der Waals surface area contributed by atoms with E-state index in [0.717, 1.165) is 0 Å². The van der Waals surface area contributed by atoms with E-state index in [1.54, 1.807) is 0 Å². The first kappa shape index (κ1) is 31.1. The number of unbranched alkanes of at least 4 members (excludes halogenated alkanes) is 12. The third kappa shape index (κ3) is 22.4. The van der Waals surface area contributed by atoms with Crippen LogP contribution in [0.5, 0.6) is 0 Å². The van der Waals surface area contributed by atoms with Crippen LogP contribution in [0.4, 0.5) is 0 Å². The van der Waals surface area contributed by atoms with E-state index in [9.17, 15) is 0 Å². The normalized spacial score (nSPS) is 11.4. The lowest BCUT2D eigenvalue weighted by Gasteiger charge is -2.39. The van der Waals surface area contributed by atoms with Gasteiger partial charge in [0.1, 0.15) is 0 Å². The van der Waals surface area contributed by atoms with Gasteiger partial charge in [-0.25, -0.2) is 0 Å². The molecule has 0 bridgehead atoms. The van der Waals surface area contributed by atoms with E-state index < -0.39 is 0 Å². The molecule has 0 unspecified atom stereocenters. The molecule has 0 aliphatic heterocycles. The van der Waals surface area contributed by atoms with E-state index in [0.29, 0.717) is 6.54 Å². The fourth-order valence-electron chi connectivity index (χ4n) is 4.17. The Morgan fingerprint density at radius 2 is 0.724 bits per heavy atom. The molecule has 0 aromatic carbocycles. The Bertz CT molecular complexity index is 228. The molecule has 0 aromatic rings. The number of rotatable bonds is 21. The summed E-state index contributed by atoms with van der Waals surface area (Å²) in [6.07, 6.45) is 22.8. The Balaban J connectivity index is 0. The summed E-state index contributed by atoms with van der Waals surface area (Å²) >= 11 is 0. The molecule has 0 rings (SSSR count). The molecular formula is C26H59N2O+. The standard InChI is InChI=1S/C24H52N.C2H7NO/c1-5-9-13-17-21-25(22-18-14-10-6-2,23-19-15-11-7-3)24-20-16-12-8-4;3-1-2-4/h5-24H2,1-4H3;4H,1-3H2/q+1;. The van der Waals surface area contributed by atoms with E-state index in [1.165, 1.54) is 133 Å². The molecule has 0 radical (unpaired) electrons. The fourth-order valence-corrected chi connectivity index (χ4v) is 4.17. The first-order valence-corrected chi connectivity index (χ1v) is 13.3. The van der Waals surface area contributed by atoms with Gasteiger partial charge in [0.25, 0.3) is 0 Å². The zero-order chi connectivity index (χ0) is 22.1. The molecule has 0 aromatic heterocycles. The minimum absolute atomic E-state index is 0.0972. The van der Waals surface area contributed by atoms with Crippen LogP contribution in [0.3, 0.4) is 0 Å². The molecule has 3 nitrogen and oxygen atoms in total. The molecule has 0 saturated heterocycles. The summed E-state index contributed by atoms with van der Waals surface area (Å²) < 4.78 is 1.46. The van der Waals surface area contributed by atoms with Crippen molar-refractivity contribution in [3.05, 3.63) is 0 Å². The lowest BCUT2D eigenvalue weighted by molar-refractivity contribution is -0.929. The third-order valence-corrected chi connectivity index (χ3v) is 6.07. The maximum absolute atomic E-state index is 7.75. The van der Waals surface area contributed by atoms with Crippen molar-refractivity contribution >= 4 is 0 Å². The van der Waals surface area contributed by atoms with Gasteiger partial charge in [0.2, 0.25) is 0 Å². The predicted octanol–water partition coefficient (Wildman–Crippen LogP) is 7.06. The van der Waals surface area contributed by atoms with Crippen molar-refractivity contribution in [1.82, 2.24) is 0 Å². The Kier molecular flexibility index (Phi) is 27.8. The van der Waals surface area contributed by atoms with Gasteiger partial charge in [-0.05, 0) is 51.4 Å². The van der Waals surface area contributed by atoms with Gasteiger partial charge < -0.3 is 15.3 Å². The summed E-state index contributed by atoms with van der Waals surface area (Å²) in [5, 5.41) is 7.75. The molecule has 0 spiro atoms. The highest BCUT2D eigenvalue weighted by atomic mass is 16.3. The van der Waals surface area contributed by atoms with E-state index in [-0.39, 0.29) is 6.61 Å². The van der Waals surface area contributed by atoms with Gasteiger partial charge in [0.05, 0.1) is 32.8 Å². The zero-order valence-electron chi connectivity index (χ0n) is 21.0. The molecule has 0 heterocycles. The number of hydrogen-bond acceptors (Lipinski definition) is 2. The Morgan fingerprint density at radius 3 is 0.897 bits per heavy atom. The van der Waals surface area contributed by atoms with Crippen LogP contribution in [0.2, 0.25) is 0 Å². The SMILES string of the molecule is CCCCCC[N+](CCCCCC)(CCCCCC)CCCCCC.NCCO. The molecule has 3 heteroatoms. The van der Waals surface area contributed by atoms with Gasteiger partial charge in [-0.1, -0.05) is 79.1 Å². The molecule has 0 saturated carbocycles. The first-order chi connectivity index (χ1) is 14.2. The summed E-state index contributed by atoms with van der Waals surface area (Å²) in [6, 6.07) is 0. The van der Waals surface area contributed by atoms with Crippen LogP contribution >= 0.6 is 0 Å². The lowest BCUT2D eigenvalue weighted by Crippen LogP contribution is -2.50. The average molecular weight is 416 g/mol. The van der Waals surface area contributed by atoms with Crippen LogP contribution in [0.25, 0.3) is 0 Å². The van der Waals surface area contributed by atoms with Crippen molar-refractivity contribution in [3.8, 4) is 0 Å². The summed E-state index contributed by atoms with van der Waals surface area (Å²) in [6.45, 7) is 15.7. The zero-order valence-corrected chi connectivity index (χ0v) is 21.0. The van der Waals surface area contributed by atoms with Crippen molar-refractivity contribution in [2.75, 3.05) is 39.3 Å². The highest BCUT2D eigenvalue weighted by Gasteiger charge is 2.25. The minimum atomic E-state index is 0.0972. The monoisotopic (exact) mass is 415 g/mol. The second kappa shape index (κ2) is 25.9. The summed E-state index contributed by atoms with van der Waals surface area (Å²) in [5.41, 5.74) is 4.78. The maximum atomic E-state index is 7.75. The third-order valence-electron chi connectivity index (χ3n) is 6.07. The first-order valence-electron chi connectivity index (χ1n) is 13.3. The smallest absolute Gasteiger partial charge is 0.0786 e. The van der Waals surface area contributed by atoms with Crippen molar-refractivity contribution < 1.29 is 9.59 Å². The summed E-state index contributed by atoms with van der Waals surface area (Å²) in [4.78, 5) is 0. The second-order valence-electron chi connectivity index (χ2n) is 8.99. The molecule has 0 fully saturated rings. The molecule has 0 amide bonds. The van der Waals surface area contributed by atoms with Gasteiger partial charge in [0, 0.05) is 6.54 Å². The van der Waals surface area contributed by atoms with Crippen molar-refractivity contribution in [2.24, 2.45) is 5.73 Å². The Labute approximate surface area is 185 Å². The molecule has 0 aliphatic carbocycles. The van der Waals surface area contributed by atoms with Crippen LogP contribution in [0, 0.1) is 0 Å². The number of nitrogens with zero attached hydrogens (tertiary/aromatic N) is 1. The van der Waals surface area contributed by atoms with Crippen molar-refractivity contribution in [3.63, 3.8) is 0 Å². The Morgan fingerprint density at radius 1 is 0.483 bits per heavy atom. The second-order valence-corrected chi connectivity index (χ2v) is 8.99. The molecule has 29 heavy (non-hydrogen) atoms. The van der Waals surface area contributed by atoms with Crippen molar-refractivity contribution in [2.45, 2.75) is 130 Å². The number of aliphatic hydroxyl groups is 1. The highest BCUT2D eigenvalue weighted by molar-refractivity contribution is 4.53. The number of nitrogens with two attached hydrogens (primary N) is 1.